The summed E-state index contributed by atoms with van der Waals surface area (Å²) in [7, 11) is 0. The Morgan fingerprint density at radius 1 is 1.33 bits per heavy atom. The van der Waals surface area contributed by atoms with E-state index >= 15 is 0 Å². The number of amides is 2. The largest absolute Gasteiger partial charge is 0.396 e. The van der Waals surface area contributed by atoms with Gasteiger partial charge in [-0.15, -0.1) is 0 Å². The van der Waals surface area contributed by atoms with Crippen LogP contribution in [0.4, 0.5) is 8.78 Å². The predicted octanol–water partition coefficient (Wildman–Crippen LogP) is 0.972. The van der Waals surface area contributed by atoms with Crippen LogP contribution in [0.1, 0.15) is 30.1 Å². The van der Waals surface area contributed by atoms with Crippen molar-refractivity contribution in [3.05, 3.63) is 35.4 Å². The summed E-state index contributed by atoms with van der Waals surface area (Å²) in [5.74, 6) is -3.00. The number of carbonyl (C=O) groups excluding carboxylic acids is 2. The lowest BCUT2D eigenvalue weighted by atomic mass is 10.1. The third-order valence-electron chi connectivity index (χ3n) is 2.92. The van der Waals surface area contributed by atoms with Crippen molar-refractivity contribution in [2.24, 2.45) is 0 Å². The quantitative estimate of drug-likeness (QED) is 0.702. The summed E-state index contributed by atoms with van der Waals surface area (Å²) in [6, 6.07) is 2.40. The van der Waals surface area contributed by atoms with Crippen molar-refractivity contribution < 1.29 is 23.5 Å². The van der Waals surface area contributed by atoms with Gasteiger partial charge in [-0.05, 0) is 25.0 Å². The van der Waals surface area contributed by atoms with Gasteiger partial charge >= 0.3 is 0 Å². The third kappa shape index (κ3) is 5.47. The molecule has 0 spiro atoms. The van der Waals surface area contributed by atoms with Gasteiger partial charge in [0, 0.05) is 18.7 Å². The summed E-state index contributed by atoms with van der Waals surface area (Å²) in [6.07, 6.45) is 1.07. The minimum absolute atomic E-state index is 0.0497. The molecule has 7 heteroatoms. The van der Waals surface area contributed by atoms with Crippen LogP contribution in [-0.4, -0.2) is 36.1 Å². The molecule has 1 atom stereocenters. The molecule has 21 heavy (non-hydrogen) atoms. The molecule has 0 heterocycles. The Labute approximate surface area is 121 Å². The summed E-state index contributed by atoms with van der Waals surface area (Å²) < 4.78 is 26.1. The number of nitrogens with one attached hydrogen (secondary N) is 2. The fraction of sp³-hybridized carbons (Fsp3) is 0.429. The number of aliphatic hydroxyl groups excluding tert-OH is 1. The van der Waals surface area contributed by atoms with E-state index in [1.165, 1.54) is 0 Å². The Hall–Kier alpha value is -2.02. The molecule has 0 aliphatic heterocycles. The summed E-state index contributed by atoms with van der Waals surface area (Å²) in [5.41, 5.74) is -0.327. The van der Waals surface area contributed by atoms with E-state index in [1.54, 1.807) is 0 Å². The van der Waals surface area contributed by atoms with Crippen LogP contribution in [0.3, 0.4) is 0 Å². The average Bonchev–Trinajstić information content (AvgIpc) is 2.44. The smallest absolute Gasteiger partial charge is 0.254 e. The van der Waals surface area contributed by atoms with Gasteiger partial charge in [0.2, 0.25) is 5.91 Å². The lowest BCUT2D eigenvalue weighted by Crippen LogP contribution is -2.42. The molecule has 0 radical (unpaired) electrons. The van der Waals surface area contributed by atoms with Crippen molar-refractivity contribution in [2.75, 3.05) is 13.2 Å². The molecule has 0 fully saturated rings. The molecular weight excluding hydrogens is 282 g/mol. The molecule has 0 aromatic heterocycles. The maximum atomic E-state index is 13.4. The molecule has 5 nitrogen and oxygen atoms in total. The van der Waals surface area contributed by atoms with Crippen molar-refractivity contribution >= 4 is 11.8 Å². The first-order valence-electron chi connectivity index (χ1n) is 6.61. The number of hydrogen-bond donors (Lipinski definition) is 3. The molecule has 116 valence electrons. The van der Waals surface area contributed by atoms with E-state index < -0.39 is 23.4 Å². The van der Waals surface area contributed by atoms with Crippen LogP contribution < -0.4 is 10.6 Å². The van der Waals surface area contributed by atoms with Gasteiger partial charge in [-0.1, -0.05) is 6.92 Å². The summed E-state index contributed by atoms with van der Waals surface area (Å²) in [4.78, 5) is 23.3. The van der Waals surface area contributed by atoms with Crippen molar-refractivity contribution in [3.63, 3.8) is 0 Å². The van der Waals surface area contributed by atoms with E-state index in [4.69, 9.17) is 5.11 Å². The van der Waals surface area contributed by atoms with E-state index in [0.717, 1.165) is 12.1 Å². The Kier molecular flexibility index (Phi) is 6.74. The highest BCUT2D eigenvalue weighted by Gasteiger charge is 2.14. The Balaban J connectivity index is 2.50. The maximum Gasteiger partial charge on any atom is 0.254 e. The molecule has 3 N–H and O–H groups in total. The minimum Gasteiger partial charge on any atom is -0.396 e. The molecule has 0 saturated carbocycles. The van der Waals surface area contributed by atoms with Gasteiger partial charge in [-0.2, -0.15) is 0 Å². The van der Waals surface area contributed by atoms with Crippen LogP contribution in [0.5, 0.6) is 0 Å². The summed E-state index contributed by atoms with van der Waals surface area (Å²) >= 11 is 0. The minimum atomic E-state index is -0.986. The number of rotatable bonds is 7. The van der Waals surface area contributed by atoms with Crippen molar-refractivity contribution in [2.45, 2.75) is 25.8 Å². The predicted molar refractivity (Wildman–Crippen MR) is 72.6 cm³/mol. The molecule has 1 rings (SSSR count). The fourth-order valence-corrected chi connectivity index (χ4v) is 1.74. The lowest BCUT2D eigenvalue weighted by molar-refractivity contribution is -0.120. The van der Waals surface area contributed by atoms with E-state index in [2.05, 4.69) is 10.6 Å². The first kappa shape index (κ1) is 17.0. The molecule has 1 aromatic rings. The normalized spacial score (nSPS) is 11.8. The van der Waals surface area contributed by atoms with Crippen LogP contribution in [0.2, 0.25) is 0 Å². The molecular formula is C14H18F2N2O3. The highest BCUT2D eigenvalue weighted by Crippen LogP contribution is 2.09. The number of benzene rings is 1. The Morgan fingerprint density at radius 2 is 2.05 bits per heavy atom. The molecule has 0 bridgehead atoms. The molecule has 0 saturated heterocycles. The second-order valence-corrected chi connectivity index (χ2v) is 4.49. The molecule has 0 aliphatic carbocycles. The summed E-state index contributed by atoms with van der Waals surface area (Å²) in [6.45, 7) is 1.48. The monoisotopic (exact) mass is 300 g/mol. The first-order valence-corrected chi connectivity index (χ1v) is 6.61. The number of halogens is 2. The second kappa shape index (κ2) is 8.31. The number of carbonyl (C=O) groups is 2. The first-order chi connectivity index (χ1) is 9.97. The Bertz CT molecular complexity index is 509. The van der Waals surface area contributed by atoms with Crippen molar-refractivity contribution in [1.29, 1.82) is 0 Å². The van der Waals surface area contributed by atoms with E-state index in [0.29, 0.717) is 18.9 Å². The van der Waals surface area contributed by atoms with Crippen LogP contribution in [-0.2, 0) is 4.79 Å². The molecule has 1 unspecified atom stereocenters. The van der Waals surface area contributed by atoms with Gasteiger partial charge in [0.1, 0.15) is 11.6 Å². The van der Waals surface area contributed by atoms with E-state index in [1.807, 2.05) is 6.92 Å². The SMILES string of the molecule is CCC(CCO)NC(=O)CNC(=O)c1ccc(F)cc1F. The maximum absolute atomic E-state index is 13.4. The lowest BCUT2D eigenvalue weighted by Gasteiger charge is -2.15. The second-order valence-electron chi connectivity index (χ2n) is 4.49. The molecule has 0 aliphatic rings. The average molecular weight is 300 g/mol. The zero-order valence-electron chi connectivity index (χ0n) is 11.7. The number of aliphatic hydroxyl groups is 1. The van der Waals surface area contributed by atoms with E-state index in [9.17, 15) is 18.4 Å². The zero-order chi connectivity index (χ0) is 15.8. The van der Waals surface area contributed by atoms with Gasteiger partial charge in [-0.3, -0.25) is 9.59 Å². The molecule has 2 amide bonds. The van der Waals surface area contributed by atoms with Crippen LogP contribution in [0.25, 0.3) is 0 Å². The van der Waals surface area contributed by atoms with Crippen LogP contribution >= 0.6 is 0 Å². The van der Waals surface area contributed by atoms with Gasteiger partial charge in [-0.25, -0.2) is 8.78 Å². The van der Waals surface area contributed by atoms with Gasteiger partial charge in [0.05, 0.1) is 12.1 Å². The van der Waals surface area contributed by atoms with Gasteiger partial charge in [0.15, 0.2) is 0 Å². The van der Waals surface area contributed by atoms with Crippen LogP contribution in [0, 0.1) is 11.6 Å². The van der Waals surface area contributed by atoms with Gasteiger partial charge < -0.3 is 15.7 Å². The van der Waals surface area contributed by atoms with Crippen molar-refractivity contribution in [3.8, 4) is 0 Å². The summed E-state index contributed by atoms with van der Waals surface area (Å²) in [5, 5.41) is 13.7. The number of hydrogen-bond acceptors (Lipinski definition) is 3. The van der Waals surface area contributed by atoms with Crippen LogP contribution in [0.15, 0.2) is 18.2 Å². The standard InChI is InChI=1S/C14H18F2N2O3/c1-2-10(5-6-19)18-13(20)8-17-14(21)11-4-3-9(15)7-12(11)16/h3-4,7,10,19H,2,5-6,8H2,1H3,(H,17,21)(H,18,20). The highest BCUT2D eigenvalue weighted by molar-refractivity contribution is 5.96. The zero-order valence-corrected chi connectivity index (χ0v) is 11.7. The van der Waals surface area contributed by atoms with Crippen molar-refractivity contribution in [1.82, 2.24) is 10.6 Å². The van der Waals surface area contributed by atoms with Gasteiger partial charge in [0.25, 0.3) is 5.91 Å². The third-order valence-corrected chi connectivity index (χ3v) is 2.92. The molecule has 1 aromatic carbocycles. The topological polar surface area (TPSA) is 78.4 Å². The fourth-order valence-electron chi connectivity index (χ4n) is 1.74. The highest BCUT2D eigenvalue weighted by atomic mass is 19.1. The van der Waals surface area contributed by atoms with E-state index in [-0.39, 0.29) is 24.8 Å². The Morgan fingerprint density at radius 3 is 2.62 bits per heavy atom.